The molecule has 2 aromatic heterocycles. The molecule has 0 spiro atoms. The Morgan fingerprint density at radius 1 is 1.00 bits per heavy atom. The van der Waals surface area contributed by atoms with Gasteiger partial charge in [-0.15, -0.1) is 0 Å². The highest BCUT2D eigenvalue weighted by Crippen LogP contribution is 2.25. The van der Waals surface area contributed by atoms with Gasteiger partial charge in [0.2, 0.25) is 0 Å². The second kappa shape index (κ2) is 6.77. The van der Waals surface area contributed by atoms with Crippen LogP contribution in [0.5, 0.6) is 6.01 Å². The van der Waals surface area contributed by atoms with Gasteiger partial charge in [-0.1, -0.05) is 18.2 Å². The molecule has 3 aromatic rings. The Labute approximate surface area is 167 Å². The number of piperazine rings is 1. The van der Waals surface area contributed by atoms with Gasteiger partial charge < -0.3 is 9.64 Å². The lowest BCUT2D eigenvalue weighted by molar-refractivity contribution is 0.0834. The Balaban J connectivity index is 1.39. The van der Waals surface area contributed by atoms with Crippen molar-refractivity contribution in [3.8, 4) is 6.01 Å². The van der Waals surface area contributed by atoms with Crippen LogP contribution in [0.3, 0.4) is 0 Å². The average Bonchev–Trinajstić information content (AvgIpc) is 3.16. The van der Waals surface area contributed by atoms with E-state index in [1.54, 1.807) is 7.05 Å². The molecule has 0 aliphatic carbocycles. The standard InChI is InChI=1S/C20H24N6O3/c1-22-17-16(18(27)23(2)20(22)28)26-12-15(13-29-19(26)21-17)25-10-8-24(9-11-25)14-6-4-3-5-7-14/h3-7,15H,8-13H2,1-2H3. The number of rotatable bonds is 2. The van der Waals surface area contributed by atoms with Crippen molar-refractivity contribution in [2.45, 2.75) is 12.6 Å². The zero-order valence-electron chi connectivity index (χ0n) is 16.6. The summed E-state index contributed by atoms with van der Waals surface area (Å²) >= 11 is 0. The van der Waals surface area contributed by atoms with Crippen LogP contribution < -0.4 is 20.9 Å². The van der Waals surface area contributed by atoms with E-state index in [1.807, 2.05) is 10.6 Å². The molecule has 4 heterocycles. The number of fused-ring (bicyclic) bond motifs is 3. The van der Waals surface area contributed by atoms with Gasteiger partial charge in [-0.2, -0.15) is 4.98 Å². The van der Waals surface area contributed by atoms with Gasteiger partial charge in [0.15, 0.2) is 11.2 Å². The van der Waals surface area contributed by atoms with Crippen molar-refractivity contribution in [3.63, 3.8) is 0 Å². The van der Waals surface area contributed by atoms with Crippen LogP contribution in [-0.2, 0) is 20.6 Å². The third-order valence-corrected chi connectivity index (χ3v) is 6.06. The first-order valence-electron chi connectivity index (χ1n) is 9.87. The lowest BCUT2D eigenvalue weighted by Crippen LogP contribution is -2.54. The fraction of sp³-hybridized carbons (Fsp3) is 0.450. The summed E-state index contributed by atoms with van der Waals surface area (Å²) in [6.07, 6.45) is 0. The summed E-state index contributed by atoms with van der Waals surface area (Å²) in [5.41, 5.74) is 1.34. The molecule has 5 rings (SSSR count). The number of hydrogen-bond donors (Lipinski definition) is 0. The van der Waals surface area contributed by atoms with Gasteiger partial charge in [0.25, 0.3) is 11.6 Å². The van der Waals surface area contributed by atoms with Crippen molar-refractivity contribution in [1.29, 1.82) is 0 Å². The van der Waals surface area contributed by atoms with Gasteiger partial charge in [-0.05, 0) is 12.1 Å². The van der Waals surface area contributed by atoms with Crippen LogP contribution in [0.15, 0.2) is 39.9 Å². The number of imidazole rings is 1. The monoisotopic (exact) mass is 396 g/mol. The number of aryl methyl sites for hydroxylation is 1. The molecule has 1 fully saturated rings. The Kier molecular flexibility index (Phi) is 4.20. The first-order chi connectivity index (χ1) is 14.0. The minimum absolute atomic E-state index is 0.166. The van der Waals surface area contributed by atoms with Crippen LogP contribution in [0.2, 0.25) is 0 Å². The maximum atomic E-state index is 12.7. The number of anilines is 1. The normalized spacial score (nSPS) is 19.9. The maximum absolute atomic E-state index is 12.7. The van der Waals surface area contributed by atoms with Gasteiger partial charge in [0.1, 0.15) is 6.61 Å². The Hall–Kier alpha value is -3.07. The second-order valence-corrected chi connectivity index (χ2v) is 7.71. The smallest absolute Gasteiger partial charge is 0.332 e. The summed E-state index contributed by atoms with van der Waals surface area (Å²) in [7, 11) is 3.12. The number of benzene rings is 1. The molecule has 152 valence electrons. The van der Waals surface area contributed by atoms with E-state index in [-0.39, 0.29) is 17.3 Å². The van der Waals surface area contributed by atoms with Crippen molar-refractivity contribution < 1.29 is 4.74 Å². The summed E-state index contributed by atoms with van der Waals surface area (Å²) in [4.78, 5) is 34.1. The minimum Gasteiger partial charge on any atom is -0.463 e. The SMILES string of the molecule is Cn1c(=O)c2c(nc3n2CC(N2CCN(c4ccccc4)CC2)CO3)n(C)c1=O. The molecule has 1 unspecified atom stereocenters. The van der Waals surface area contributed by atoms with Gasteiger partial charge in [0.05, 0.1) is 6.04 Å². The summed E-state index contributed by atoms with van der Waals surface area (Å²) in [6, 6.07) is 11.0. The quantitative estimate of drug-likeness (QED) is 0.608. The fourth-order valence-corrected chi connectivity index (χ4v) is 4.35. The molecule has 29 heavy (non-hydrogen) atoms. The average molecular weight is 396 g/mol. The Morgan fingerprint density at radius 2 is 1.72 bits per heavy atom. The van der Waals surface area contributed by atoms with E-state index in [2.05, 4.69) is 39.0 Å². The van der Waals surface area contributed by atoms with Crippen LogP contribution in [0, 0.1) is 0 Å². The van der Waals surface area contributed by atoms with Crippen molar-refractivity contribution in [1.82, 2.24) is 23.6 Å². The zero-order valence-corrected chi connectivity index (χ0v) is 16.6. The van der Waals surface area contributed by atoms with Crippen LogP contribution in [0.1, 0.15) is 0 Å². The molecule has 1 saturated heterocycles. The molecule has 0 saturated carbocycles. The van der Waals surface area contributed by atoms with Gasteiger partial charge in [-0.25, -0.2) is 4.79 Å². The number of nitrogens with zero attached hydrogens (tertiary/aromatic N) is 6. The van der Waals surface area contributed by atoms with Gasteiger partial charge in [0, 0.05) is 52.5 Å². The van der Waals surface area contributed by atoms with Gasteiger partial charge >= 0.3 is 5.69 Å². The molecule has 9 nitrogen and oxygen atoms in total. The molecule has 2 aliphatic rings. The van der Waals surface area contributed by atoms with Crippen LogP contribution >= 0.6 is 0 Å². The van der Waals surface area contributed by atoms with Crippen molar-refractivity contribution in [2.75, 3.05) is 37.7 Å². The van der Waals surface area contributed by atoms with E-state index in [4.69, 9.17) is 4.74 Å². The lowest BCUT2D eigenvalue weighted by atomic mass is 10.2. The predicted molar refractivity (Wildman–Crippen MR) is 110 cm³/mol. The predicted octanol–water partition coefficient (Wildman–Crippen LogP) is 0.0169. The first-order valence-corrected chi connectivity index (χ1v) is 9.87. The highest BCUT2D eigenvalue weighted by atomic mass is 16.5. The van der Waals surface area contributed by atoms with E-state index >= 15 is 0 Å². The van der Waals surface area contributed by atoms with E-state index < -0.39 is 0 Å². The maximum Gasteiger partial charge on any atom is 0.332 e. The molecule has 1 aromatic carbocycles. The van der Waals surface area contributed by atoms with E-state index in [9.17, 15) is 9.59 Å². The summed E-state index contributed by atoms with van der Waals surface area (Å²) in [5.74, 6) is 0. The Morgan fingerprint density at radius 3 is 2.45 bits per heavy atom. The van der Waals surface area contributed by atoms with E-state index in [1.165, 1.54) is 17.3 Å². The molecule has 0 radical (unpaired) electrons. The highest BCUT2D eigenvalue weighted by molar-refractivity contribution is 5.72. The van der Waals surface area contributed by atoms with Gasteiger partial charge in [-0.3, -0.25) is 23.4 Å². The number of para-hydroxylation sites is 1. The van der Waals surface area contributed by atoms with Crippen molar-refractivity contribution >= 4 is 16.9 Å². The minimum atomic E-state index is -0.383. The zero-order chi connectivity index (χ0) is 20.1. The van der Waals surface area contributed by atoms with Crippen molar-refractivity contribution in [3.05, 3.63) is 51.2 Å². The number of aromatic nitrogens is 4. The molecule has 1 atom stereocenters. The second-order valence-electron chi connectivity index (χ2n) is 7.71. The summed E-state index contributed by atoms with van der Waals surface area (Å²) < 4.78 is 10.3. The molecule has 9 heteroatoms. The topological polar surface area (TPSA) is 77.5 Å². The molecular weight excluding hydrogens is 372 g/mol. The van der Waals surface area contributed by atoms with Crippen LogP contribution in [-0.4, -0.2) is 62.4 Å². The van der Waals surface area contributed by atoms with Crippen LogP contribution in [0.4, 0.5) is 5.69 Å². The first kappa shape index (κ1) is 18.0. The molecule has 2 aliphatic heterocycles. The Bertz CT molecular complexity index is 1170. The molecular formula is C20H24N6O3. The van der Waals surface area contributed by atoms with E-state index in [0.717, 1.165) is 30.7 Å². The third-order valence-electron chi connectivity index (χ3n) is 6.06. The third kappa shape index (κ3) is 2.84. The van der Waals surface area contributed by atoms with Crippen LogP contribution in [0.25, 0.3) is 11.2 Å². The van der Waals surface area contributed by atoms with E-state index in [0.29, 0.717) is 30.3 Å². The number of ether oxygens (including phenoxy) is 1. The highest BCUT2D eigenvalue weighted by Gasteiger charge is 2.31. The fourth-order valence-electron chi connectivity index (χ4n) is 4.35. The molecule has 0 amide bonds. The number of hydrogen-bond acceptors (Lipinski definition) is 6. The summed E-state index contributed by atoms with van der Waals surface area (Å²) in [6.45, 7) is 4.93. The van der Waals surface area contributed by atoms with Crippen molar-refractivity contribution in [2.24, 2.45) is 14.1 Å². The summed E-state index contributed by atoms with van der Waals surface area (Å²) in [5, 5.41) is 0. The molecule has 0 N–H and O–H groups in total. The lowest BCUT2D eigenvalue weighted by Gasteiger charge is -2.41. The largest absolute Gasteiger partial charge is 0.463 e. The molecule has 0 bridgehead atoms.